The number of hydrogen-bond donors (Lipinski definition) is 0. The van der Waals surface area contributed by atoms with Gasteiger partial charge in [0.15, 0.2) is 5.69 Å². The third kappa shape index (κ3) is 4.29. The number of thiazole rings is 1. The lowest BCUT2D eigenvalue weighted by molar-refractivity contribution is 0.0297. The molecule has 4 rings (SSSR count). The Labute approximate surface area is 176 Å². The van der Waals surface area contributed by atoms with Gasteiger partial charge >= 0.3 is 0 Å². The summed E-state index contributed by atoms with van der Waals surface area (Å²) in [6.07, 6.45) is 4.68. The standard InChI is InChI=1S/C21H29N5O2S/c1-4-7-26-18-6-5-16(24(3)13-19-22-15(2)14-29-19)12-17(18)20(23-26)21(27)25-8-10-28-11-9-25/h4,14,16H,1,5-13H2,2-3H3/t16-/m1/s1. The molecule has 1 amide bonds. The number of aryl methyl sites for hydroxylation is 1. The van der Waals surface area contributed by atoms with Gasteiger partial charge in [0.25, 0.3) is 5.91 Å². The molecule has 8 heteroatoms. The number of carbonyl (C=O) groups excluding carboxylic acids is 1. The molecule has 7 nitrogen and oxygen atoms in total. The zero-order valence-corrected chi connectivity index (χ0v) is 18.1. The third-order valence-corrected chi connectivity index (χ3v) is 6.75. The molecule has 0 saturated carbocycles. The molecule has 2 aromatic rings. The summed E-state index contributed by atoms with van der Waals surface area (Å²) in [5.74, 6) is 0.0335. The van der Waals surface area contributed by atoms with Crippen LogP contribution in [0.1, 0.15) is 38.9 Å². The molecule has 1 saturated heterocycles. The van der Waals surface area contributed by atoms with Crippen LogP contribution in [0.3, 0.4) is 0 Å². The summed E-state index contributed by atoms with van der Waals surface area (Å²) in [6, 6.07) is 0.379. The minimum absolute atomic E-state index is 0.0335. The lowest BCUT2D eigenvalue weighted by atomic mass is 9.90. The number of aromatic nitrogens is 3. The van der Waals surface area contributed by atoms with Crippen LogP contribution in [0.4, 0.5) is 0 Å². The van der Waals surface area contributed by atoms with Gasteiger partial charge in [-0.15, -0.1) is 17.9 Å². The Hall–Kier alpha value is -2.03. The largest absolute Gasteiger partial charge is 0.378 e. The van der Waals surface area contributed by atoms with Gasteiger partial charge in [-0.25, -0.2) is 4.98 Å². The van der Waals surface area contributed by atoms with E-state index < -0.39 is 0 Å². The van der Waals surface area contributed by atoms with E-state index in [-0.39, 0.29) is 5.91 Å². The van der Waals surface area contributed by atoms with E-state index >= 15 is 0 Å². The summed E-state index contributed by atoms with van der Waals surface area (Å²) >= 11 is 1.71. The van der Waals surface area contributed by atoms with Crippen LogP contribution in [0.25, 0.3) is 0 Å². The number of morpholine rings is 1. The average molecular weight is 416 g/mol. The van der Waals surface area contributed by atoms with Crippen molar-refractivity contribution < 1.29 is 9.53 Å². The number of likely N-dealkylation sites (N-methyl/N-ethyl adjacent to an activating group) is 1. The Morgan fingerprint density at radius 1 is 1.45 bits per heavy atom. The van der Waals surface area contributed by atoms with Crippen LogP contribution in [0, 0.1) is 6.92 Å². The molecule has 2 aliphatic rings. The van der Waals surface area contributed by atoms with E-state index in [9.17, 15) is 4.79 Å². The Bertz CT molecular complexity index is 884. The van der Waals surface area contributed by atoms with E-state index in [2.05, 4.69) is 28.9 Å². The molecule has 0 aromatic carbocycles. The third-order valence-electron chi connectivity index (χ3n) is 5.80. The quantitative estimate of drug-likeness (QED) is 0.678. The van der Waals surface area contributed by atoms with E-state index in [1.54, 1.807) is 11.3 Å². The summed E-state index contributed by atoms with van der Waals surface area (Å²) in [5.41, 5.74) is 4.00. The maximum Gasteiger partial charge on any atom is 0.274 e. The number of nitrogens with zero attached hydrogens (tertiary/aromatic N) is 5. The van der Waals surface area contributed by atoms with Crippen molar-refractivity contribution in [2.24, 2.45) is 0 Å². The Kier molecular flexibility index (Phi) is 6.12. The molecule has 1 aliphatic heterocycles. The van der Waals surface area contributed by atoms with Crippen molar-refractivity contribution in [3.05, 3.63) is 45.7 Å². The van der Waals surface area contributed by atoms with Gasteiger partial charge in [0, 0.05) is 41.5 Å². The maximum atomic E-state index is 13.2. The average Bonchev–Trinajstić information content (AvgIpc) is 3.31. The zero-order chi connectivity index (χ0) is 20.4. The van der Waals surface area contributed by atoms with E-state index in [0.29, 0.717) is 44.6 Å². The van der Waals surface area contributed by atoms with Crippen LogP contribution in [0.2, 0.25) is 0 Å². The summed E-state index contributed by atoms with van der Waals surface area (Å²) < 4.78 is 7.37. The molecule has 29 heavy (non-hydrogen) atoms. The lowest BCUT2D eigenvalue weighted by Crippen LogP contribution is -2.42. The monoisotopic (exact) mass is 415 g/mol. The topological polar surface area (TPSA) is 63.5 Å². The van der Waals surface area contributed by atoms with Crippen molar-refractivity contribution in [1.82, 2.24) is 24.6 Å². The highest BCUT2D eigenvalue weighted by molar-refractivity contribution is 7.09. The van der Waals surface area contributed by atoms with E-state index in [0.717, 1.165) is 42.1 Å². The molecule has 1 atom stereocenters. The highest BCUT2D eigenvalue weighted by atomic mass is 32.1. The predicted molar refractivity (Wildman–Crippen MR) is 113 cm³/mol. The normalized spacial score (nSPS) is 19.4. The van der Waals surface area contributed by atoms with Crippen LogP contribution < -0.4 is 0 Å². The first kappa shape index (κ1) is 20.3. The number of carbonyl (C=O) groups is 1. The van der Waals surface area contributed by atoms with Crippen LogP contribution in [0.15, 0.2) is 18.0 Å². The number of rotatable bonds is 6. The molecular formula is C21H29N5O2S. The molecule has 3 heterocycles. The van der Waals surface area contributed by atoms with Crippen molar-refractivity contribution in [2.45, 2.75) is 45.3 Å². The summed E-state index contributed by atoms with van der Waals surface area (Å²) in [5, 5.41) is 7.96. The first-order valence-electron chi connectivity index (χ1n) is 10.2. The van der Waals surface area contributed by atoms with Gasteiger partial charge in [0.05, 0.1) is 26.3 Å². The van der Waals surface area contributed by atoms with Gasteiger partial charge < -0.3 is 9.64 Å². The molecule has 0 spiro atoms. The molecule has 2 aromatic heterocycles. The molecule has 1 fully saturated rings. The fourth-order valence-electron chi connectivity index (χ4n) is 4.22. The summed E-state index contributed by atoms with van der Waals surface area (Å²) in [6.45, 7) is 9.82. The Morgan fingerprint density at radius 2 is 2.24 bits per heavy atom. The minimum atomic E-state index is 0.0335. The van der Waals surface area contributed by atoms with Gasteiger partial charge in [0.2, 0.25) is 0 Å². The smallest absolute Gasteiger partial charge is 0.274 e. The highest BCUT2D eigenvalue weighted by Crippen LogP contribution is 2.29. The van der Waals surface area contributed by atoms with E-state index in [1.807, 2.05) is 22.6 Å². The molecule has 0 bridgehead atoms. The SMILES string of the molecule is C=CCn1nc(C(=O)N2CCOCC2)c2c1CC[C@@H](N(C)Cc1nc(C)cs1)C2. The van der Waals surface area contributed by atoms with Crippen LogP contribution in [0.5, 0.6) is 0 Å². The first-order chi connectivity index (χ1) is 14.1. The van der Waals surface area contributed by atoms with Gasteiger partial charge in [0.1, 0.15) is 5.01 Å². The first-order valence-corrected chi connectivity index (χ1v) is 11.1. The predicted octanol–water partition coefficient (Wildman–Crippen LogP) is 2.30. The van der Waals surface area contributed by atoms with Gasteiger partial charge in [-0.05, 0) is 33.2 Å². The highest BCUT2D eigenvalue weighted by Gasteiger charge is 2.32. The second-order valence-electron chi connectivity index (χ2n) is 7.84. The fourth-order valence-corrected chi connectivity index (χ4v) is 5.06. The van der Waals surface area contributed by atoms with Crippen molar-refractivity contribution in [3.8, 4) is 0 Å². The molecular weight excluding hydrogens is 386 g/mol. The molecule has 156 valence electrons. The number of fused-ring (bicyclic) bond motifs is 1. The Morgan fingerprint density at radius 3 is 2.93 bits per heavy atom. The molecule has 1 aliphatic carbocycles. The van der Waals surface area contributed by atoms with Crippen molar-refractivity contribution in [1.29, 1.82) is 0 Å². The van der Waals surface area contributed by atoms with Crippen molar-refractivity contribution >= 4 is 17.2 Å². The number of allylic oxidation sites excluding steroid dienone is 1. The van der Waals surface area contributed by atoms with Gasteiger partial charge in [-0.1, -0.05) is 6.08 Å². The number of hydrogen-bond acceptors (Lipinski definition) is 6. The zero-order valence-electron chi connectivity index (χ0n) is 17.3. The van der Waals surface area contributed by atoms with Gasteiger partial charge in [-0.2, -0.15) is 5.10 Å². The van der Waals surface area contributed by atoms with E-state index in [1.165, 1.54) is 5.69 Å². The fraction of sp³-hybridized carbons (Fsp3) is 0.571. The number of ether oxygens (including phenoxy) is 1. The van der Waals surface area contributed by atoms with Crippen LogP contribution in [-0.4, -0.2) is 69.9 Å². The summed E-state index contributed by atoms with van der Waals surface area (Å²) in [7, 11) is 2.16. The number of amides is 1. The molecule has 0 N–H and O–H groups in total. The maximum absolute atomic E-state index is 13.2. The van der Waals surface area contributed by atoms with E-state index in [4.69, 9.17) is 9.84 Å². The second-order valence-corrected chi connectivity index (χ2v) is 8.79. The minimum Gasteiger partial charge on any atom is -0.378 e. The van der Waals surface area contributed by atoms with Crippen LogP contribution >= 0.6 is 11.3 Å². The second kappa shape index (κ2) is 8.77. The van der Waals surface area contributed by atoms with Crippen molar-refractivity contribution in [3.63, 3.8) is 0 Å². The molecule has 0 radical (unpaired) electrons. The van der Waals surface area contributed by atoms with Gasteiger partial charge in [-0.3, -0.25) is 14.4 Å². The Balaban J connectivity index is 1.56. The molecule has 0 unspecified atom stereocenters. The van der Waals surface area contributed by atoms with Crippen molar-refractivity contribution in [2.75, 3.05) is 33.4 Å². The van der Waals surface area contributed by atoms with Crippen LogP contribution in [-0.2, 0) is 30.7 Å². The lowest BCUT2D eigenvalue weighted by Gasteiger charge is -2.31. The summed E-state index contributed by atoms with van der Waals surface area (Å²) in [4.78, 5) is 22.0.